The van der Waals surface area contributed by atoms with E-state index in [1.165, 1.54) is 21.9 Å². The number of hydrogen-bond donors (Lipinski definition) is 2. The first-order valence-corrected chi connectivity index (χ1v) is 12.2. The zero-order chi connectivity index (χ0) is 20.9. The van der Waals surface area contributed by atoms with Crippen molar-refractivity contribution in [1.29, 1.82) is 0 Å². The molecule has 1 aromatic heterocycles. The summed E-state index contributed by atoms with van der Waals surface area (Å²) in [5, 5.41) is 3.36. The molecule has 2 heterocycles. The first kappa shape index (κ1) is 19.9. The van der Waals surface area contributed by atoms with E-state index in [2.05, 4.69) is 5.32 Å². The van der Waals surface area contributed by atoms with Crippen LogP contribution in [0.5, 0.6) is 0 Å². The van der Waals surface area contributed by atoms with Crippen molar-refractivity contribution in [3.05, 3.63) is 45.3 Å². The number of amides is 2. The number of carbonyl (C=O) groups is 2. The number of aryl methyl sites for hydroxylation is 1. The largest absolute Gasteiger partial charge is 0.365 e. The number of rotatable bonds is 4. The number of anilines is 2. The molecule has 29 heavy (non-hydrogen) atoms. The Hall–Kier alpha value is -2.39. The van der Waals surface area contributed by atoms with Gasteiger partial charge in [0, 0.05) is 16.5 Å². The van der Waals surface area contributed by atoms with Crippen molar-refractivity contribution >= 4 is 43.9 Å². The van der Waals surface area contributed by atoms with Gasteiger partial charge < -0.3 is 11.1 Å². The number of thiophene rings is 1. The van der Waals surface area contributed by atoms with Crippen LogP contribution in [0.2, 0.25) is 0 Å². The van der Waals surface area contributed by atoms with Gasteiger partial charge in [-0.1, -0.05) is 0 Å². The van der Waals surface area contributed by atoms with Crippen LogP contribution in [-0.2, 0) is 29.3 Å². The second-order valence-corrected chi connectivity index (χ2v) is 10.7. The highest BCUT2D eigenvalue weighted by Gasteiger charge is 2.33. The maximum absolute atomic E-state index is 12.9. The second-order valence-electron chi connectivity index (χ2n) is 7.69. The van der Waals surface area contributed by atoms with Crippen molar-refractivity contribution in [2.45, 2.75) is 45.1 Å². The van der Waals surface area contributed by atoms with Crippen molar-refractivity contribution in [2.75, 3.05) is 15.9 Å². The van der Waals surface area contributed by atoms with Gasteiger partial charge in [-0.25, -0.2) is 8.42 Å². The summed E-state index contributed by atoms with van der Waals surface area (Å²) >= 11 is 1.42. The Morgan fingerprint density at radius 3 is 2.66 bits per heavy atom. The van der Waals surface area contributed by atoms with Gasteiger partial charge in [0.05, 0.1) is 17.5 Å². The second kappa shape index (κ2) is 7.14. The summed E-state index contributed by atoms with van der Waals surface area (Å²) in [4.78, 5) is 26.0. The van der Waals surface area contributed by atoms with Gasteiger partial charge in [-0.15, -0.1) is 11.3 Å². The Bertz CT molecular complexity index is 1120. The van der Waals surface area contributed by atoms with Crippen LogP contribution in [0.3, 0.4) is 0 Å². The molecule has 0 saturated carbocycles. The van der Waals surface area contributed by atoms with Gasteiger partial charge in [0.1, 0.15) is 5.00 Å². The highest BCUT2D eigenvalue weighted by molar-refractivity contribution is 7.92. The van der Waals surface area contributed by atoms with Crippen molar-refractivity contribution in [1.82, 2.24) is 0 Å². The Labute approximate surface area is 174 Å². The fourth-order valence-electron chi connectivity index (χ4n) is 4.34. The highest BCUT2D eigenvalue weighted by atomic mass is 32.2. The van der Waals surface area contributed by atoms with Crippen LogP contribution in [0, 0.1) is 0 Å². The lowest BCUT2D eigenvalue weighted by Crippen LogP contribution is -2.34. The van der Waals surface area contributed by atoms with E-state index in [9.17, 15) is 18.0 Å². The molecule has 0 saturated heterocycles. The lowest BCUT2D eigenvalue weighted by molar-refractivity contribution is 0.100. The summed E-state index contributed by atoms with van der Waals surface area (Å²) in [6.07, 6.45) is 5.51. The summed E-state index contributed by atoms with van der Waals surface area (Å²) in [6, 6.07) is 4.82. The number of carbonyl (C=O) groups excluding carboxylic acids is 2. The number of nitrogens with two attached hydrogens (primary N) is 1. The van der Waals surface area contributed by atoms with Gasteiger partial charge in [0.15, 0.2) is 0 Å². The fourth-order valence-corrected chi connectivity index (χ4v) is 6.89. The monoisotopic (exact) mass is 433 g/mol. The van der Waals surface area contributed by atoms with Crippen LogP contribution < -0.4 is 15.4 Å². The third kappa shape index (κ3) is 3.53. The van der Waals surface area contributed by atoms with Crippen LogP contribution in [0.15, 0.2) is 18.2 Å². The molecule has 1 aromatic carbocycles. The molecule has 0 fully saturated rings. The quantitative estimate of drug-likeness (QED) is 0.772. The number of benzene rings is 1. The molecule has 9 heteroatoms. The minimum absolute atomic E-state index is 0.191. The Morgan fingerprint density at radius 2 is 1.97 bits per heavy atom. The third-order valence-corrected chi connectivity index (χ3v) is 7.98. The van der Waals surface area contributed by atoms with Crippen molar-refractivity contribution < 1.29 is 18.0 Å². The Morgan fingerprint density at radius 1 is 1.24 bits per heavy atom. The third-order valence-electron chi connectivity index (χ3n) is 5.50. The summed E-state index contributed by atoms with van der Waals surface area (Å²) < 4.78 is 25.5. The first-order chi connectivity index (χ1) is 13.7. The van der Waals surface area contributed by atoms with E-state index >= 15 is 0 Å². The molecule has 2 aliphatic rings. The average Bonchev–Trinajstić information content (AvgIpc) is 3.16. The van der Waals surface area contributed by atoms with Crippen molar-refractivity contribution in [3.8, 4) is 0 Å². The van der Waals surface area contributed by atoms with Gasteiger partial charge in [-0.3, -0.25) is 13.9 Å². The van der Waals surface area contributed by atoms with E-state index in [4.69, 9.17) is 5.73 Å². The van der Waals surface area contributed by atoms with Gasteiger partial charge in [-0.05, 0) is 68.4 Å². The topological polar surface area (TPSA) is 110 Å². The van der Waals surface area contributed by atoms with Gasteiger partial charge in [-0.2, -0.15) is 0 Å². The zero-order valence-electron chi connectivity index (χ0n) is 16.3. The molecular weight excluding hydrogens is 410 g/mol. The lowest BCUT2D eigenvalue weighted by atomic mass is 9.95. The lowest BCUT2D eigenvalue weighted by Gasteiger charge is -2.21. The van der Waals surface area contributed by atoms with Crippen LogP contribution >= 0.6 is 11.3 Å². The molecular formula is C20H23N3O4S2. The summed E-state index contributed by atoms with van der Waals surface area (Å²) in [7, 11) is -3.38. The summed E-state index contributed by atoms with van der Waals surface area (Å²) in [6.45, 7) is 1.84. The predicted octanol–water partition coefficient (Wildman–Crippen LogP) is 2.69. The number of hydrogen-bond acceptors (Lipinski definition) is 5. The maximum Gasteiger partial charge on any atom is 0.256 e. The van der Waals surface area contributed by atoms with Gasteiger partial charge in [0.2, 0.25) is 10.0 Å². The molecule has 2 aromatic rings. The summed E-state index contributed by atoms with van der Waals surface area (Å²) in [5.41, 5.74) is 8.84. The molecule has 1 atom stereocenters. The minimum Gasteiger partial charge on any atom is -0.365 e. The van der Waals surface area contributed by atoms with E-state index in [1.54, 1.807) is 18.2 Å². The molecule has 1 aliphatic carbocycles. The molecule has 3 N–H and O–H groups in total. The average molecular weight is 434 g/mol. The number of nitrogens with zero attached hydrogens (tertiary/aromatic N) is 1. The summed E-state index contributed by atoms with van der Waals surface area (Å²) in [5.74, 6) is -0.856. The normalized spacial score (nSPS) is 18.3. The number of primary amides is 1. The number of sulfonamides is 1. The van der Waals surface area contributed by atoms with Gasteiger partial charge >= 0.3 is 0 Å². The minimum atomic E-state index is -3.38. The highest BCUT2D eigenvalue weighted by Crippen LogP contribution is 2.39. The van der Waals surface area contributed by atoms with E-state index in [0.717, 1.165) is 41.7 Å². The van der Waals surface area contributed by atoms with Crippen molar-refractivity contribution in [3.63, 3.8) is 0 Å². The van der Waals surface area contributed by atoms with Gasteiger partial charge in [0.25, 0.3) is 11.8 Å². The van der Waals surface area contributed by atoms with Crippen LogP contribution in [-0.4, -0.2) is 32.5 Å². The number of nitrogens with one attached hydrogen (secondary N) is 1. The molecule has 0 radical (unpaired) electrons. The van der Waals surface area contributed by atoms with E-state index < -0.39 is 15.9 Å². The van der Waals surface area contributed by atoms with E-state index in [1.807, 2.05) is 6.92 Å². The fraction of sp³-hybridized carbons (Fsp3) is 0.400. The first-order valence-electron chi connectivity index (χ1n) is 9.55. The van der Waals surface area contributed by atoms with E-state index in [0.29, 0.717) is 28.2 Å². The Kier molecular flexibility index (Phi) is 4.90. The van der Waals surface area contributed by atoms with Crippen molar-refractivity contribution in [2.24, 2.45) is 5.73 Å². The van der Waals surface area contributed by atoms with Crippen LogP contribution in [0.1, 0.15) is 56.5 Å². The SMILES string of the molecule is CC1Cc2cc(C(=O)Nc3sc4c(c3C(N)=O)CCCC4)ccc2N1S(C)(=O)=O. The zero-order valence-corrected chi connectivity index (χ0v) is 18.0. The maximum atomic E-state index is 12.9. The smallest absolute Gasteiger partial charge is 0.256 e. The predicted molar refractivity (Wildman–Crippen MR) is 114 cm³/mol. The molecule has 1 aliphatic heterocycles. The standard InChI is InChI=1S/C20H23N3O4S2/c1-11-9-13-10-12(7-8-15(13)23(11)29(2,26)27)19(25)22-20-17(18(21)24)14-5-3-4-6-16(14)28-20/h7-8,10-11H,3-6,9H2,1-2H3,(H2,21,24)(H,22,25). The molecule has 4 rings (SSSR count). The number of fused-ring (bicyclic) bond motifs is 2. The van der Waals surface area contributed by atoms with Crippen LogP contribution in [0.4, 0.5) is 10.7 Å². The molecule has 154 valence electrons. The Balaban J connectivity index is 1.64. The molecule has 0 bridgehead atoms. The molecule has 1 unspecified atom stereocenters. The molecule has 0 spiro atoms. The van der Waals surface area contributed by atoms with Crippen LogP contribution in [0.25, 0.3) is 0 Å². The molecule has 2 amide bonds. The molecule has 7 nitrogen and oxygen atoms in total. The van der Waals surface area contributed by atoms with E-state index in [-0.39, 0.29) is 11.9 Å².